The van der Waals surface area contributed by atoms with Gasteiger partial charge in [0.1, 0.15) is 0 Å². The van der Waals surface area contributed by atoms with Gasteiger partial charge in [0.2, 0.25) is 5.91 Å². The minimum Gasteiger partial charge on any atom is -0.375 e. The topological polar surface area (TPSA) is 47.4 Å². The van der Waals surface area contributed by atoms with Crippen molar-refractivity contribution in [3.8, 4) is 0 Å². The number of hydrogen-bond donors (Lipinski definition) is 0. The minimum atomic E-state index is 0.320. The van der Waals surface area contributed by atoms with Gasteiger partial charge in [-0.25, -0.2) is 0 Å². The van der Waals surface area contributed by atoms with Gasteiger partial charge in [-0.2, -0.15) is 5.10 Å². The summed E-state index contributed by atoms with van der Waals surface area (Å²) in [6.45, 7) is 3.04. The molecule has 0 N–H and O–H groups in total. The average Bonchev–Trinajstić information content (AvgIpc) is 3.41. The fraction of sp³-hybridized carbons (Fsp3) is 0.765. The van der Waals surface area contributed by atoms with Crippen LogP contribution in [0, 0.1) is 11.8 Å². The van der Waals surface area contributed by atoms with Crippen LogP contribution in [0.25, 0.3) is 0 Å². The summed E-state index contributed by atoms with van der Waals surface area (Å²) in [5.41, 5.74) is 3.58. The molecule has 22 heavy (non-hydrogen) atoms. The average molecular weight is 303 g/mol. The molecule has 120 valence electrons. The van der Waals surface area contributed by atoms with Crippen LogP contribution >= 0.6 is 0 Å². The second-order valence-corrected chi connectivity index (χ2v) is 7.17. The molecule has 0 radical (unpaired) electrons. The fourth-order valence-corrected chi connectivity index (χ4v) is 3.29. The Hall–Kier alpha value is -1.36. The summed E-state index contributed by atoms with van der Waals surface area (Å²) in [6, 6.07) is 0. The smallest absolute Gasteiger partial charge is 0.223 e. The van der Waals surface area contributed by atoms with Gasteiger partial charge in [0.25, 0.3) is 0 Å². The van der Waals surface area contributed by atoms with Crippen LogP contribution in [0.5, 0.6) is 0 Å². The number of aromatic nitrogens is 2. The summed E-state index contributed by atoms with van der Waals surface area (Å²) < 4.78 is 7.75. The molecule has 1 aliphatic heterocycles. The van der Waals surface area contributed by atoms with Gasteiger partial charge in [0.15, 0.2) is 0 Å². The third kappa shape index (κ3) is 3.05. The Bertz CT molecular complexity index is 573. The third-order valence-electron chi connectivity index (χ3n) is 5.13. The molecule has 5 heteroatoms. The SMILES string of the molecule is Cn1nc(COCC2CC2)c2c1CN(C(=O)CC1CC1)CC2. The lowest BCUT2D eigenvalue weighted by Gasteiger charge is -2.27. The predicted molar refractivity (Wildman–Crippen MR) is 82.1 cm³/mol. The molecule has 0 bridgehead atoms. The van der Waals surface area contributed by atoms with Crippen molar-refractivity contribution in [3.63, 3.8) is 0 Å². The van der Waals surface area contributed by atoms with Gasteiger partial charge in [0.05, 0.1) is 24.5 Å². The van der Waals surface area contributed by atoms with Crippen LogP contribution in [0.1, 0.15) is 49.1 Å². The Morgan fingerprint density at radius 3 is 2.77 bits per heavy atom. The summed E-state index contributed by atoms with van der Waals surface area (Å²) in [5, 5.41) is 4.63. The van der Waals surface area contributed by atoms with Gasteiger partial charge in [0, 0.05) is 32.2 Å². The van der Waals surface area contributed by atoms with E-state index in [1.165, 1.54) is 36.9 Å². The first-order chi connectivity index (χ1) is 10.7. The van der Waals surface area contributed by atoms with E-state index < -0.39 is 0 Å². The molecule has 1 aromatic heterocycles. The normalized spacial score (nSPS) is 21.0. The molecule has 2 aliphatic carbocycles. The van der Waals surface area contributed by atoms with Crippen LogP contribution in [-0.4, -0.2) is 33.7 Å². The Kier molecular flexibility index (Phi) is 3.68. The van der Waals surface area contributed by atoms with Crippen LogP contribution in [0.3, 0.4) is 0 Å². The Morgan fingerprint density at radius 1 is 1.27 bits per heavy atom. The lowest BCUT2D eigenvalue weighted by molar-refractivity contribution is -0.132. The maximum Gasteiger partial charge on any atom is 0.223 e. The molecular formula is C17H25N3O2. The molecule has 3 aliphatic rings. The summed E-state index contributed by atoms with van der Waals surface area (Å²) >= 11 is 0. The molecule has 0 atom stereocenters. The highest BCUT2D eigenvalue weighted by atomic mass is 16.5. The molecule has 0 spiro atoms. The molecule has 0 aromatic carbocycles. The highest BCUT2D eigenvalue weighted by Gasteiger charge is 2.31. The van der Waals surface area contributed by atoms with Crippen LogP contribution in [-0.2, 0) is 36.2 Å². The highest BCUT2D eigenvalue weighted by molar-refractivity contribution is 5.77. The van der Waals surface area contributed by atoms with Crippen molar-refractivity contribution in [2.24, 2.45) is 18.9 Å². The van der Waals surface area contributed by atoms with E-state index in [4.69, 9.17) is 4.74 Å². The number of aryl methyl sites for hydroxylation is 1. The molecular weight excluding hydrogens is 278 g/mol. The van der Waals surface area contributed by atoms with E-state index >= 15 is 0 Å². The lowest BCUT2D eigenvalue weighted by Crippen LogP contribution is -2.36. The minimum absolute atomic E-state index is 0.320. The van der Waals surface area contributed by atoms with Crippen LogP contribution in [0.2, 0.25) is 0 Å². The molecule has 4 rings (SSSR count). The fourth-order valence-electron chi connectivity index (χ4n) is 3.29. The van der Waals surface area contributed by atoms with Crippen LogP contribution in [0.15, 0.2) is 0 Å². The zero-order valence-corrected chi connectivity index (χ0v) is 13.4. The Morgan fingerprint density at radius 2 is 2.05 bits per heavy atom. The van der Waals surface area contributed by atoms with E-state index in [-0.39, 0.29) is 0 Å². The summed E-state index contributed by atoms with van der Waals surface area (Å²) in [5.74, 6) is 1.77. The van der Waals surface area contributed by atoms with Crippen molar-refractivity contribution in [1.82, 2.24) is 14.7 Å². The first-order valence-electron chi connectivity index (χ1n) is 8.60. The van der Waals surface area contributed by atoms with Crippen LogP contribution < -0.4 is 0 Å². The maximum atomic E-state index is 12.3. The van der Waals surface area contributed by atoms with E-state index in [1.807, 2.05) is 16.6 Å². The van der Waals surface area contributed by atoms with Crippen molar-refractivity contribution < 1.29 is 9.53 Å². The van der Waals surface area contributed by atoms with Gasteiger partial charge in [-0.3, -0.25) is 9.48 Å². The van der Waals surface area contributed by atoms with E-state index in [9.17, 15) is 4.79 Å². The van der Waals surface area contributed by atoms with Crippen LogP contribution in [0.4, 0.5) is 0 Å². The number of fused-ring (bicyclic) bond motifs is 1. The van der Waals surface area contributed by atoms with Gasteiger partial charge >= 0.3 is 0 Å². The van der Waals surface area contributed by atoms with Crippen molar-refractivity contribution in [2.75, 3.05) is 13.2 Å². The lowest BCUT2D eigenvalue weighted by atomic mass is 10.0. The van der Waals surface area contributed by atoms with E-state index in [0.29, 0.717) is 25.0 Å². The number of hydrogen-bond acceptors (Lipinski definition) is 3. The molecule has 0 saturated heterocycles. The molecule has 1 amide bonds. The highest BCUT2D eigenvalue weighted by Crippen LogP contribution is 2.34. The Balaban J connectivity index is 1.40. The van der Waals surface area contributed by atoms with Crippen molar-refractivity contribution in [2.45, 2.75) is 51.7 Å². The third-order valence-corrected chi connectivity index (χ3v) is 5.13. The zero-order valence-electron chi connectivity index (χ0n) is 13.4. The monoisotopic (exact) mass is 303 g/mol. The van der Waals surface area contributed by atoms with E-state index in [1.54, 1.807) is 0 Å². The van der Waals surface area contributed by atoms with E-state index in [2.05, 4.69) is 5.10 Å². The predicted octanol–water partition coefficient (Wildman–Crippen LogP) is 2.03. The number of carbonyl (C=O) groups excluding carboxylic acids is 1. The molecule has 2 heterocycles. The standard InChI is InChI=1S/C17H25N3O2/c1-19-16-9-20(17(21)8-12-2-3-12)7-6-14(16)15(18-19)11-22-10-13-4-5-13/h12-13H,2-11H2,1H3. The van der Waals surface area contributed by atoms with Gasteiger partial charge < -0.3 is 9.64 Å². The number of amides is 1. The quantitative estimate of drug-likeness (QED) is 0.808. The van der Waals surface area contributed by atoms with Crippen molar-refractivity contribution in [3.05, 3.63) is 17.0 Å². The first kappa shape index (κ1) is 14.2. The second kappa shape index (κ2) is 5.69. The Labute approximate surface area is 131 Å². The second-order valence-electron chi connectivity index (χ2n) is 7.17. The number of rotatable bonds is 6. The molecule has 5 nitrogen and oxygen atoms in total. The first-order valence-corrected chi connectivity index (χ1v) is 8.60. The van der Waals surface area contributed by atoms with E-state index in [0.717, 1.165) is 37.6 Å². The summed E-state index contributed by atoms with van der Waals surface area (Å²) in [4.78, 5) is 14.3. The number of nitrogens with zero attached hydrogens (tertiary/aromatic N) is 3. The summed E-state index contributed by atoms with van der Waals surface area (Å²) in [6.07, 6.45) is 6.76. The molecule has 1 aromatic rings. The number of carbonyl (C=O) groups is 1. The number of ether oxygens (including phenoxy) is 1. The molecule has 0 unspecified atom stereocenters. The molecule has 2 saturated carbocycles. The zero-order chi connectivity index (χ0) is 15.1. The molecule has 2 fully saturated rings. The van der Waals surface area contributed by atoms with Gasteiger partial charge in [-0.1, -0.05) is 0 Å². The summed E-state index contributed by atoms with van der Waals surface area (Å²) in [7, 11) is 1.98. The largest absolute Gasteiger partial charge is 0.375 e. The van der Waals surface area contributed by atoms with Crippen molar-refractivity contribution in [1.29, 1.82) is 0 Å². The van der Waals surface area contributed by atoms with Gasteiger partial charge in [-0.15, -0.1) is 0 Å². The van der Waals surface area contributed by atoms with Gasteiger partial charge in [-0.05, 0) is 43.9 Å². The van der Waals surface area contributed by atoms with Crippen molar-refractivity contribution >= 4 is 5.91 Å². The maximum absolute atomic E-state index is 12.3.